The Kier molecular flexibility index (Phi) is 4.80. The molecule has 2 aromatic carbocycles. The first kappa shape index (κ1) is 20.6. The zero-order valence-electron chi connectivity index (χ0n) is 16.9. The number of carboxylic acid groups (broad SMARTS) is 1. The summed E-state index contributed by atoms with van der Waals surface area (Å²) in [5.74, 6) is -1.09. The van der Waals surface area contributed by atoms with Crippen molar-refractivity contribution in [1.29, 1.82) is 0 Å². The molecule has 2 aromatic heterocycles. The topological polar surface area (TPSA) is 68.0 Å². The highest BCUT2D eigenvalue weighted by Gasteiger charge is 2.36. The van der Waals surface area contributed by atoms with E-state index >= 15 is 0 Å². The van der Waals surface area contributed by atoms with Gasteiger partial charge in [0.2, 0.25) is 0 Å². The monoisotopic (exact) mass is 425 g/mol. The van der Waals surface area contributed by atoms with Crippen LogP contribution < -0.4 is 0 Å². The van der Waals surface area contributed by atoms with Crippen LogP contribution in [0.1, 0.15) is 32.7 Å². The fraction of sp³-hybridized carbons (Fsp3) is 0.174. The van der Waals surface area contributed by atoms with Crippen LogP contribution >= 0.6 is 0 Å². The average Bonchev–Trinajstić information content (AvgIpc) is 3.05. The third-order valence-corrected chi connectivity index (χ3v) is 5.28. The first-order valence-corrected chi connectivity index (χ1v) is 9.45. The van der Waals surface area contributed by atoms with Crippen LogP contribution in [-0.2, 0) is 6.18 Å². The second-order valence-electron chi connectivity index (χ2n) is 7.40. The lowest BCUT2D eigenvalue weighted by Crippen LogP contribution is -2.08. The molecule has 0 radical (unpaired) electrons. The number of pyridine rings is 1. The van der Waals surface area contributed by atoms with Gasteiger partial charge in [0.1, 0.15) is 0 Å². The Morgan fingerprint density at radius 1 is 0.968 bits per heavy atom. The Morgan fingerprint density at radius 3 is 2.23 bits per heavy atom. The highest BCUT2D eigenvalue weighted by Crippen LogP contribution is 2.38. The zero-order chi connectivity index (χ0) is 22.5. The molecule has 5 nitrogen and oxygen atoms in total. The van der Waals surface area contributed by atoms with Crippen LogP contribution in [0.25, 0.3) is 28.0 Å². The van der Waals surface area contributed by atoms with Gasteiger partial charge in [-0.15, -0.1) is 0 Å². The van der Waals surface area contributed by atoms with Gasteiger partial charge in [0.15, 0.2) is 5.65 Å². The Hall–Kier alpha value is -3.68. The molecule has 2 heterocycles. The van der Waals surface area contributed by atoms with E-state index in [0.29, 0.717) is 11.3 Å². The van der Waals surface area contributed by atoms with E-state index in [-0.39, 0.29) is 28.0 Å². The van der Waals surface area contributed by atoms with Gasteiger partial charge in [-0.25, -0.2) is 14.5 Å². The van der Waals surface area contributed by atoms with E-state index in [1.165, 1.54) is 35.9 Å². The lowest BCUT2D eigenvalue weighted by Gasteiger charge is -2.12. The van der Waals surface area contributed by atoms with E-state index in [0.717, 1.165) is 17.2 Å². The summed E-state index contributed by atoms with van der Waals surface area (Å²) in [7, 11) is 0. The van der Waals surface area contributed by atoms with Crippen molar-refractivity contribution in [1.82, 2.24) is 14.8 Å². The molecule has 0 aliphatic carbocycles. The molecule has 31 heavy (non-hydrogen) atoms. The number of hydrogen-bond donors (Lipinski definition) is 1. The van der Waals surface area contributed by atoms with Crippen LogP contribution in [0.15, 0.2) is 48.5 Å². The zero-order valence-corrected chi connectivity index (χ0v) is 16.9. The second-order valence-corrected chi connectivity index (χ2v) is 7.40. The Balaban J connectivity index is 2.01. The minimum atomic E-state index is -4.60. The largest absolute Gasteiger partial charge is 0.478 e. The number of alkyl halides is 3. The first-order valence-electron chi connectivity index (χ1n) is 9.45. The molecule has 0 saturated heterocycles. The summed E-state index contributed by atoms with van der Waals surface area (Å²) >= 11 is 0. The maximum atomic E-state index is 14.0. The van der Waals surface area contributed by atoms with E-state index in [1.807, 2.05) is 19.9 Å². The number of carbonyl (C=O) groups is 1. The van der Waals surface area contributed by atoms with Crippen LogP contribution in [0.2, 0.25) is 0 Å². The lowest BCUT2D eigenvalue weighted by atomic mass is 10.0. The molecule has 8 heteroatoms. The van der Waals surface area contributed by atoms with Gasteiger partial charge in [-0.1, -0.05) is 12.1 Å². The molecule has 1 N–H and O–H groups in total. The summed E-state index contributed by atoms with van der Waals surface area (Å²) in [6.45, 7) is 5.31. The molecule has 0 fully saturated rings. The van der Waals surface area contributed by atoms with Crippen molar-refractivity contribution in [2.75, 3.05) is 0 Å². The number of rotatable bonds is 3. The number of nitrogens with zero attached hydrogens (tertiary/aromatic N) is 3. The van der Waals surface area contributed by atoms with Crippen LogP contribution in [-0.4, -0.2) is 25.8 Å². The SMILES string of the molecule is Cc1ccc(-c2cc(C(F)(F)F)c3c(C)nn(-c4ccc(C(=O)O)cc4)c3n2)cc1C. The van der Waals surface area contributed by atoms with Gasteiger partial charge in [0.05, 0.1) is 33.6 Å². The smallest absolute Gasteiger partial charge is 0.417 e. The first-order chi connectivity index (χ1) is 14.6. The number of carboxylic acids is 1. The Morgan fingerprint density at radius 2 is 1.65 bits per heavy atom. The summed E-state index contributed by atoms with van der Waals surface area (Å²) in [4.78, 5) is 15.6. The Bertz CT molecular complexity index is 1320. The quantitative estimate of drug-likeness (QED) is 0.455. The maximum Gasteiger partial charge on any atom is 0.417 e. The number of aryl methyl sites for hydroxylation is 3. The highest BCUT2D eigenvalue weighted by atomic mass is 19.4. The molecule has 0 aliphatic heterocycles. The van der Waals surface area contributed by atoms with Crippen molar-refractivity contribution >= 4 is 17.0 Å². The second kappa shape index (κ2) is 7.23. The van der Waals surface area contributed by atoms with Gasteiger partial charge in [0.25, 0.3) is 0 Å². The predicted molar refractivity (Wildman–Crippen MR) is 110 cm³/mol. The number of aromatic nitrogens is 3. The van der Waals surface area contributed by atoms with E-state index in [9.17, 15) is 18.0 Å². The summed E-state index contributed by atoms with van der Waals surface area (Å²) < 4.78 is 43.2. The Labute approximate surface area is 175 Å². The third kappa shape index (κ3) is 3.65. The van der Waals surface area contributed by atoms with Gasteiger partial charge in [-0.05, 0) is 68.3 Å². The van der Waals surface area contributed by atoms with Gasteiger partial charge < -0.3 is 5.11 Å². The van der Waals surface area contributed by atoms with Gasteiger partial charge in [-0.3, -0.25) is 0 Å². The molecule has 0 spiro atoms. The normalized spacial score (nSPS) is 11.8. The lowest BCUT2D eigenvalue weighted by molar-refractivity contribution is -0.136. The summed E-state index contributed by atoms with van der Waals surface area (Å²) in [5.41, 5.74) is 2.65. The number of benzene rings is 2. The number of halogens is 3. The van der Waals surface area contributed by atoms with Crippen molar-refractivity contribution < 1.29 is 23.1 Å². The van der Waals surface area contributed by atoms with Crippen LogP contribution in [0.3, 0.4) is 0 Å². The number of fused-ring (bicyclic) bond motifs is 1. The van der Waals surface area contributed by atoms with Gasteiger partial charge in [0, 0.05) is 5.56 Å². The van der Waals surface area contributed by atoms with Crippen LogP contribution in [0.5, 0.6) is 0 Å². The van der Waals surface area contributed by atoms with Crippen LogP contribution in [0.4, 0.5) is 13.2 Å². The molecule has 158 valence electrons. The van der Waals surface area contributed by atoms with E-state index in [2.05, 4.69) is 10.1 Å². The average molecular weight is 425 g/mol. The fourth-order valence-electron chi connectivity index (χ4n) is 3.49. The van der Waals surface area contributed by atoms with Gasteiger partial charge in [-0.2, -0.15) is 18.3 Å². The van der Waals surface area contributed by atoms with Gasteiger partial charge >= 0.3 is 12.1 Å². The molecule has 0 atom stereocenters. The minimum Gasteiger partial charge on any atom is -0.478 e. The van der Waals surface area contributed by atoms with Crippen molar-refractivity contribution in [2.24, 2.45) is 0 Å². The molecule has 0 aliphatic rings. The molecule has 0 bridgehead atoms. The van der Waals surface area contributed by atoms with E-state index < -0.39 is 17.7 Å². The maximum absolute atomic E-state index is 14.0. The number of aromatic carboxylic acids is 1. The standard InChI is InChI=1S/C23H18F3N3O2/c1-12-4-5-16(10-13(12)2)19-11-18(23(24,25)26)20-14(3)28-29(21(20)27-19)17-8-6-15(7-9-17)22(30)31/h4-11H,1-3H3,(H,30,31). The summed E-state index contributed by atoms with van der Waals surface area (Å²) in [6.07, 6.45) is -4.60. The summed E-state index contributed by atoms with van der Waals surface area (Å²) in [5, 5.41) is 13.3. The fourth-order valence-corrected chi connectivity index (χ4v) is 3.49. The summed E-state index contributed by atoms with van der Waals surface area (Å²) in [6, 6.07) is 12.2. The van der Waals surface area contributed by atoms with E-state index in [4.69, 9.17) is 5.11 Å². The number of hydrogen-bond acceptors (Lipinski definition) is 3. The molecule has 0 saturated carbocycles. The molecular weight excluding hydrogens is 407 g/mol. The minimum absolute atomic E-state index is 0.0589. The van der Waals surface area contributed by atoms with E-state index in [1.54, 1.807) is 12.1 Å². The van der Waals surface area contributed by atoms with Crippen molar-refractivity contribution in [2.45, 2.75) is 26.9 Å². The molecule has 0 amide bonds. The predicted octanol–water partition coefficient (Wildman–Crippen LogP) is 5.73. The van der Waals surface area contributed by atoms with Crippen molar-refractivity contribution in [3.63, 3.8) is 0 Å². The van der Waals surface area contributed by atoms with Crippen LogP contribution in [0, 0.1) is 20.8 Å². The molecule has 4 aromatic rings. The van der Waals surface area contributed by atoms with Crippen molar-refractivity contribution in [3.05, 3.63) is 76.5 Å². The molecule has 4 rings (SSSR count). The molecular formula is C23H18F3N3O2. The van der Waals surface area contributed by atoms with Crippen molar-refractivity contribution in [3.8, 4) is 16.9 Å². The third-order valence-electron chi connectivity index (χ3n) is 5.28. The molecule has 0 unspecified atom stereocenters. The highest BCUT2D eigenvalue weighted by molar-refractivity contribution is 5.89.